The number of aliphatic hydroxyl groups is 1. The lowest BCUT2D eigenvalue weighted by molar-refractivity contribution is 0.186. The molecule has 0 aromatic heterocycles. The van der Waals surface area contributed by atoms with Crippen LogP contribution in [0.1, 0.15) is 20.8 Å². The molecule has 0 spiro atoms. The molecule has 0 aromatic rings. The first-order valence-electron chi connectivity index (χ1n) is 3.77. The predicted octanol–water partition coefficient (Wildman–Crippen LogP) is 0.507. The van der Waals surface area contributed by atoms with E-state index in [1.807, 2.05) is 20.8 Å². The zero-order valence-electron chi connectivity index (χ0n) is 7.39. The van der Waals surface area contributed by atoms with Gasteiger partial charge in [0.25, 0.3) is 0 Å². The van der Waals surface area contributed by atoms with Crippen LogP contribution in [0.25, 0.3) is 0 Å². The SMILES string of the molecule is CC(C#N)CNC(C)(C)CO. The molecule has 11 heavy (non-hydrogen) atoms. The van der Waals surface area contributed by atoms with Crippen LogP contribution in [0, 0.1) is 17.2 Å². The molecule has 3 nitrogen and oxygen atoms in total. The lowest BCUT2D eigenvalue weighted by atomic mass is 10.1. The fourth-order valence-electron chi connectivity index (χ4n) is 0.531. The highest BCUT2D eigenvalue weighted by Gasteiger charge is 2.15. The molecule has 1 unspecified atom stereocenters. The predicted molar refractivity (Wildman–Crippen MR) is 43.9 cm³/mol. The molecule has 0 bridgehead atoms. The number of hydrogen-bond acceptors (Lipinski definition) is 3. The maximum atomic E-state index is 8.83. The highest BCUT2D eigenvalue weighted by Crippen LogP contribution is 2.00. The minimum atomic E-state index is -0.273. The van der Waals surface area contributed by atoms with Crippen LogP contribution in [0.3, 0.4) is 0 Å². The third kappa shape index (κ3) is 4.77. The van der Waals surface area contributed by atoms with Gasteiger partial charge in [-0.2, -0.15) is 5.26 Å². The molecule has 0 radical (unpaired) electrons. The zero-order chi connectivity index (χ0) is 8.91. The lowest BCUT2D eigenvalue weighted by Crippen LogP contribution is -2.44. The van der Waals surface area contributed by atoms with Crippen LogP contribution in [-0.4, -0.2) is 23.8 Å². The third-order valence-corrected chi connectivity index (χ3v) is 1.50. The maximum Gasteiger partial charge on any atom is 0.0666 e. The molecule has 0 aromatic carbocycles. The molecular formula is C8H16N2O. The molecule has 0 amide bonds. The van der Waals surface area contributed by atoms with Gasteiger partial charge in [-0.05, 0) is 20.8 Å². The summed E-state index contributed by atoms with van der Waals surface area (Å²) in [6.07, 6.45) is 0. The van der Waals surface area contributed by atoms with Crippen molar-refractivity contribution in [1.29, 1.82) is 5.26 Å². The largest absolute Gasteiger partial charge is 0.394 e. The van der Waals surface area contributed by atoms with Crippen molar-refractivity contribution >= 4 is 0 Å². The van der Waals surface area contributed by atoms with E-state index in [4.69, 9.17) is 10.4 Å². The summed E-state index contributed by atoms with van der Waals surface area (Å²) >= 11 is 0. The average molecular weight is 156 g/mol. The fourth-order valence-corrected chi connectivity index (χ4v) is 0.531. The standard InChI is InChI=1S/C8H16N2O/c1-7(4-9)5-10-8(2,3)6-11/h7,10-11H,5-6H2,1-3H3. The molecule has 0 aliphatic carbocycles. The van der Waals surface area contributed by atoms with Crippen molar-refractivity contribution in [3.8, 4) is 6.07 Å². The van der Waals surface area contributed by atoms with Gasteiger partial charge in [0.05, 0.1) is 18.6 Å². The number of nitrogens with one attached hydrogen (secondary N) is 1. The van der Waals surface area contributed by atoms with Gasteiger partial charge in [-0.15, -0.1) is 0 Å². The lowest BCUT2D eigenvalue weighted by Gasteiger charge is -2.23. The normalized spacial score (nSPS) is 14.1. The van der Waals surface area contributed by atoms with Gasteiger partial charge in [0.15, 0.2) is 0 Å². The second-order valence-electron chi connectivity index (χ2n) is 3.45. The third-order valence-electron chi connectivity index (χ3n) is 1.50. The first kappa shape index (κ1) is 10.4. The summed E-state index contributed by atoms with van der Waals surface area (Å²) in [6.45, 7) is 6.36. The Morgan fingerprint density at radius 2 is 2.18 bits per heavy atom. The average Bonchev–Trinajstić information content (AvgIpc) is 2.00. The Kier molecular flexibility index (Phi) is 4.09. The van der Waals surface area contributed by atoms with E-state index in [0.29, 0.717) is 6.54 Å². The maximum absolute atomic E-state index is 8.83. The minimum absolute atomic E-state index is 0.000764. The van der Waals surface area contributed by atoms with Gasteiger partial charge in [-0.25, -0.2) is 0 Å². The Balaban J connectivity index is 3.63. The Hall–Kier alpha value is -0.590. The summed E-state index contributed by atoms with van der Waals surface area (Å²) < 4.78 is 0. The highest BCUT2D eigenvalue weighted by atomic mass is 16.3. The van der Waals surface area contributed by atoms with Crippen LogP contribution in [-0.2, 0) is 0 Å². The second-order valence-corrected chi connectivity index (χ2v) is 3.45. The Morgan fingerprint density at radius 1 is 1.64 bits per heavy atom. The Bertz CT molecular complexity index is 149. The van der Waals surface area contributed by atoms with Crippen LogP contribution in [0.4, 0.5) is 0 Å². The molecule has 64 valence electrons. The van der Waals surface area contributed by atoms with Crippen molar-refractivity contribution in [2.45, 2.75) is 26.3 Å². The van der Waals surface area contributed by atoms with Gasteiger partial charge >= 0.3 is 0 Å². The first-order valence-corrected chi connectivity index (χ1v) is 3.77. The summed E-state index contributed by atoms with van der Waals surface area (Å²) in [5.74, 6) is 0.000764. The number of aliphatic hydroxyl groups excluding tert-OH is 1. The quantitative estimate of drug-likeness (QED) is 0.623. The summed E-state index contributed by atoms with van der Waals surface area (Å²) in [5, 5.41) is 20.4. The fraction of sp³-hybridized carbons (Fsp3) is 0.875. The van der Waals surface area contributed by atoms with E-state index in [9.17, 15) is 0 Å². The van der Waals surface area contributed by atoms with E-state index in [1.165, 1.54) is 0 Å². The molecular weight excluding hydrogens is 140 g/mol. The Morgan fingerprint density at radius 3 is 2.55 bits per heavy atom. The molecule has 0 saturated carbocycles. The molecule has 2 N–H and O–H groups in total. The number of rotatable bonds is 4. The topological polar surface area (TPSA) is 56.0 Å². The summed E-state index contributed by atoms with van der Waals surface area (Å²) in [7, 11) is 0. The van der Waals surface area contributed by atoms with E-state index < -0.39 is 0 Å². The van der Waals surface area contributed by atoms with Crippen LogP contribution in [0.15, 0.2) is 0 Å². The highest BCUT2D eigenvalue weighted by molar-refractivity contribution is 4.84. The monoisotopic (exact) mass is 156 g/mol. The van der Waals surface area contributed by atoms with Gasteiger partial charge in [0.1, 0.15) is 0 Å². The van der Waals surface area contributed by atoms with Crippen molar-refractivity contribution < 1.29 is 5.11 Å². The van der Waals surface area contributed by atoms with E-state index in [1.54, 1.807) is 0 Å². The van der Waals surface area contributed by atoms with E-state index in [-0.39, 0.29) is 18.1 Å². The molecule has 0 rings (SSSR count). The van der Waals surface area contributed by atoms with Crippen molar-refractivity contribution in [2.75, 3.05) is 13.2 Å². The van der Waals surface area contributed by atoms with Crippen molar-refractivity contribution in [2.24, 2.45) is 5.92 Å². The van der Waals surface area contributed by atoms with Gasteiger partial charge in [-0.1, -0.05) is 0 Å². The molecule has 3 heteroatoms. The van der Waals surface area contributed by atoms with E-state index in [0.717, 1.165) is 0 Å². The van der Waals surface area contributed by atoms with Gasteiger partial charge in [-0.3, -0.25) is 0 Å². The zero-order valence-corrected chi connectivity index (χ0v) is 7.39. The molecule has 0 aliphatic rings. The van der Waals surface area contributed by atoms with Gasteiger partial charge < -0.3 is 10.4 Å². The van der Waals surface area contributed by atoms with Crippen molar-refractivity contribution in [1.82, 2.24) is 5.32 Å². The van der Waals surface area contributed by atoms with Gasteiger partial charge in [0.2, 0.25) is 0 Å². The summed E-state index contributed by atoms with van der Waals surface area (Å²) in [5.41, 5.74) is -0.273. The van der Waals surface area contributed by atoms with Crippen molar-refractivity contribution in [3.05, 3.63) is 0 Å². The van der Waals surface area contributed by atoms with Crippen molar-refractivity contribution in [3.63, 3.8) is 0 Å². The van der Waals surface area contributed by atoms with Gasteiger partial charge in [0, 0.05) is 12.1 Å². The smallest absolute Gasteiger partial charge is 0.0666 e. The summed E-state index contributed by atoms with van der Waals surface area (Å²) in [4.78, 5) is 0. The molecule has 0 fully saturated rings. The summed E-state index contributed by atoms with van der Waals surface area (Å²) in [6, 6.07) is 2.12. The number of nitrogens with zero attached hydrogens (tertiary/aromatic N) is 1. The van der Waals surface area contributed by atoms with Crippen LogP contribution in [0.2, 0.25) is 0 Å². The first-order chi connectivity index (χ1) is 5.02. The van der Waals surface area contributed by atoms with Crippen LogP contribution < -0.4 is 5.32 Å². The molecule has 0 saturated heterocycles. The van der Waals surface area contributed by atoms with E-state index in [2.05, 4.69) is 11.4 Å². The molecule has 0 aliphatic heterocycles. The molecule has 0 heterocycles. The number of nitriles is 1. The van der Waals surface area contributed by atoms with Crippen LogP contribution >= 0.6 is 0 Å². The van der Waals surface area contributed by atoms with E-state index >= 15 is 0 Å². The molecule has 1 atom stereocenters. The minimum Gasteiger partial charge on any atom is -0.394 e. The Labute approximate surface area is 68.0 Å². The number of hydrogen-bond donors (Lipinski definition) is 2. The second kappa shape index (κ2) is 4.32. The van der Waals surface area contributed by atoms with Crippen LogP contribution in [0.5, 0.6) is 0 Å².